The van der Waals surface area contributed by atoms with Crippen molar-refractivity contribution in [1.82, 2.24) is 4.90 Å². The van der Waals surface area contributed by atoms with Crippen LogP contribution in [0.4, 0.5) is 5.69 Å². The first kappa shape index (κ1) is 24.0. The molecule has 186 valence electrons. The minimum absolute atomic E-state index is 0.0835. The predicted octanol–water partition coefficient (Wildman–Crippen LogP) is 2.22. The molecular formula is C27H29N5O3S. The number of benzene rings is 3. The zero-order chi connectivity index (χ0) is 25.4. The second-order valence-corrected chi connectivity index (χ2v) is 11.4. The fourth-order valence-corrected chi connectivity index (χ4v) is 6.38. The van der Waals surface area contributed by atoms with Gasteiger partial charge >= 0.3 is 0 Å². The lowest BCUT2D eigenvalue weighted by atomic mass is 9.97. The largest absolute Gasteiger partial charge is 0.384 e. The average Bonchev–Trinajstić information content (AvgIpc) is 3.18. The first-order chi connectivity index (χ1) is 17.3. The topological polar surface area (TPSA) is 134 Å². The molecule has 1 amide bonds. The molecular weight excluding hydrogens is 474 g/mol. The van der Waals surface area contributed by atoms with Crippen molar-refractivity contribution in [3.63, 3.8) is 0 Å². The molecule has 3 aromatic carbocycles. The minimum atomic E-state index is -3.58. The van der Waals surface area contributed by atoms with E-state index in [1.54, 1.807) is 53.4 Å². The van der Waals surface area contributed by atoms with Crippen LogP contribution in [0.5, 0.6) is 0 Å². The van der Waals surface area contributed by atoms with Gasteiger partial charge in [0, 0.05) is 30.9 Å². The molecule has 5 rings (SSSR count). The third-order valence-corrected chi connectivity index (χ3v) is 8.79. The summed E-state index contributed by atoms with van der Waals surface area (Å²) in [5.74, 6) is -0.416. The summed E-state index contributed by atoms with van der Waals surface area (Å²) in [4.78, 5) is 17.7. The molecule has 2 atom stereocenters. The molecule has 2 aliphatic rings. The summed E-state index contributed by atoms with van der Waals surface area (Å²) in [6, 6.07) is 20.2. The zero-order valence-corrected chi connectivity index (χ0v) is 20.6. The number of amidine groups is 1. The molecule has 3 aromatic rings. The Labute approximate surface area is 210 Å². The molecule has 0 spiro atoms. The van der Waals surface area contributed by atoms with Gasteiger partial charge in [-0.25, -0.2) is 8.42 Å². The first-order valence-corrected chi connectivity index (χ1v) is 13.6. The van der Waals surface area contributed by atoms with E-state index in [1.165, 1.54) is 5.56 Å². The summed E-state index contributed by atoms with van der Waals surface area (Å²) in [6.07, 6.45) is 0.758. The highest BCUT2D eigenvalue weighted by Gasteiger charge is 2.43. The standard InChI is InChI=1S/C27H29N5O3S/c28-24-22-11-10-19(26(29)30)16-23(22)32(14-15-36(34,35)21-8-2-1-3-9-21)25(24)27(33)31-13-12-18-6-4-5-7-20(18)17-31/h1-11,16,24-25H,12-15,17,28H2,(H3,29,30). The quantitative estimate of drug-likeness (QED) is 0.349. The van der Waals surface area contributed by atoms with Crippen molar-refractivity contribution >= 4 is 27.3 Å². The Morgan fingerprint density at radius 3 is 2.42 bits per heavy atom. The van der Waals surface area contributed by atoms with Crippen molar-refractivity contribution in [1.29, 1.82) is 5.41 Å². The van der Waals surface area contributed by atoms with E-state index in [0.717, 1.165) is 17.5 Å². The highest BCUT2D eigenvalue weighted by Crippen LogP contribution is 2.40. The molecule has 0 aromatic heterocycles. The monoisotopic (exact) mass is 503 g/mol. The van der Waals surface area contributed by atoms with Gasteiger partial charge in [0.05, 0.1) is 16.7 Å². The van der Waals surface area contributed by atoms with Gasteiger partial charge in [-0.15, -0.1) is 0 Å². The average molecular weight is 504 g/mol. The van der Waals surface area contributed by atoms with Crippen LogP contribution in [-0.4, -0.2) is 49.9 Å². The normalized spacial score (nSPS) is 19.0. The lowest BCUT2D eigenvalue weighted by Crippen LogP contribution is -2.52. The number of carbonyl (C=O) groups is 1. The summed E-state index contributed by atoms with van der Waals surface area (Å²) >= 11 is 0. The molecule has 0 bridgehead atoms. The number of fused-ring (bicyclic) bond motifs is 2. The first-order valence-electron chi connectivity index (χ1n) is 11.9. The Balaban J connectivity index is 1.47. The number of hydrogen-bond donors (Lipinski definition) is 3. The molecule has 0 saturated carbocycles. The van der Waals surface area contributed by atoms with E-state index >= 15 is 0 Å². The molecule has 0 fully saturated rings. The van der Waals surface area contributed by atoms with Gasteiger partial charge in [0.15, 0.2) is 9.84 Å². The number of nitrogens with zero attached hydrogens (tertiary/aromatic N) is 2. The van der Waals surface area contributed by atoms with Crippen LogP contribution in [-0.2, 0) is 27.6 Å². The lowest BCUT2D eigenvalue weighted by molar-refractivity contribution is -0.133. The lowest BCUT2D eigenvalue weighted by Gasteiger charge is -2.35. The van der Waals surface area contributed by atoms with Gasteiger partial charge in [-0.05, 0) is 41.3 Å². The van der Waals surface area contributed by atoms with Gasteiger partial charge in [0.2, 0.25) is 5.91 Å². The molecule has 2 unspecified atom stereocenters. The maximum absolute atomic E-state index is 13.9. The number of amides is 1. The maximum atomic E-state index is 13.9. The highest BCUT2D eigenvalue weighted by molar-refractivity contribution is 7.91. The Hall–Kier alpha value is -3.69. The Morgan fingerprint density at radius 2 is 1.69 bits per heavy atom. The smallest absolute Gasteiger partial charge is 0.247 e. The van der Waals surface area contributed by atoms with Crippen LogP contribution < -0.4 is 16.4 Å². The van der Waals surface area contributed by atoms with Crippen LogP contribution in [0.25, 0.3) is 0 Å². The van der Waals surface area contributed by atoms with Gasteiger partial charge < -0.3 is 21.3 Å². The molecule has 2 heterocycles. The fourth-order valence-electron chi connectivity index (χ4n) is 5.14. The molecule has 36 heavy (non-hydrogen) atoms. The summed E-state index contributed by atoms with van der Waals surface area (Å²) in [5.41, 5.74) is 16.6. The fraction of sp³-hybridized carbons (Fsp3) is 0.259. The summed E-state index contributed by atoms with van der Waals surface area (Å²) in [6.45, 7) is 1.15. The number of nitrogen functional groups attached to an aromatic ring is 1. The van der Waals surface area contributed by atoms with E-state index in [-0.39, 0.29) is 28.9 Å². The molecule has 2 aliphatic heterocycles. The number of hydrogen-bond acceptors (Lipinski definition) is 6. The Kier molecular flexibility index (Phi) is 6.27. The minimum Gasteiger partial charge on any atom is -0.384 e. The zero-order valence-electron chi connectivity index (χ0n) is 19.8. The van der Waals surface area contributed by atoms with Crippen molar-refractivity contribution in [3.8, 4) is 0 Å². The maximum Gasteiger partial charge on any atom is 0.247 e. The van der Waals surface area contributed by atoms with E-state index in [2.05, 4.69) is 6.07 Å². The van der Waals surface area contributed by atoms with Gasteiger partial charge in [-0.2, -0.15) is 0 Å². The van der Waals surface area contributed by atoms with Crippen LogP contribution in [0.15, 0.2) is 77.7 Å². The van der Waals surface area contributed by atoms with Crippen molar-refractivity contribution < 1.29 is 13.2 Å². The Morgan fingerprint density at radius 1 is 1.00 bits per heavy atom. The summed E-state index contributed by atoms with van der Waals surface area (Å²) in [7, 11) is -3.58. The van der Waals surface area contributed by atoms with E-state index in [4.69, 9.17) is 16.9 Å². The number of nitrogens with two attached hydrogens (primary N) is 2. The van der Waals surface area contributed by atoms with Crippen LogP contribution in [0, 0.1) is 5.41 Å². The van der Waals surface area contributed by atoms with E-state index in [9.17, 15) is 13.2 Å². The number of rotatable bonds is 6. The van der Waals surface area contributed by atoms with E-state index < -0.39 is 21.9 Å². The number of anilines is 1. The van der Waals surface area contributed by atoms with Crippen LogP contribution in [0.1, 0.15) is 28.3 Å². The second kappa shape index (κ2) is 9.40. The molecule has 5 N–H and O–H groups in total. The SMILES string of the molecule is N=C(N)c1ccc2c(c1)N(CCS(=O)(=O)c1ccccc1)C(C(=O)N1CCc3ccccc3C1)C2N. The molecule has 8 nitrogen and oxygen atoms in total. The molecule has 0 radical (unpaired) electrons. The van der Waals surface area contributed by atoms with Gasteiger partial charge in [-0.1, -0.05) is 54.6 Å². The van der Waals surface area contributed by atoms with Crippen molar-refractivity contribution in [3.05, 3.63) is 95.1 Å². The molecule has 0 saturated heterocycles. The van der Waals surface area contributed by atoms with Crippen molar-refractivity contribution in [2.75, 3.05) is 23.7 Å². The van der Waals surface area contributed by atoms with Crippen molar-refractivity contribution in [2.45, 2.75) is 29.9 Å². The van der Waals surface area contributed by atoms with Crippen molar-refractivity contribution in [2.24, 2.45) is 11.5 Å². The third-order valence-electron chi connectivity index (χ3n) is 7.08. The van der Waals surface area contributed by atoms with Gasteiger partial charge in [0.25, 0.3) is 0 Å². The van der Waals surface area contributed by atoms with Crippen LogP contribution in [0.2, 0.25) is 0 Å². The molecule has 9 heteroatoms. The van der Waals surface area contributed by atoms with Gasteiger partial charge in [-0.3, -0.25) is 10.2 Å². The van der Waals surface area contributed by atoms with Crippen LogP contribution >= 0.6 is 0 Å². The number of carbonyl (C=O) groups excluding carboxylic acids is 1. The highest BCUT2D eigenvalue weighted by atomic mass is 32.2. The van der Waals surface area contributed by atoms with Crippen LogP contribution in [0.3, 0.4) is 0 Å². The number of nitrogens with one attached hydrogen (secondary N) is 1. The number of sulfone groups is 1. The predicted molar refractivity (Wildman–Crippen MR) is 140 cm³/mol. The second-order valence-electron chi connectivity index (χ2n) is 9.26. The third kappa shape index (κ3) is 4.36. The van der Waals surface area contributed by atoms with E-state index in [1.807, 2.05) is 23.1 Å². The van der Waals surface area contributed by atoms with Gasteiger partial charge in [0.1, 0.15) is 11.9 Å². The summed E-state index contributed by atoms with van der Waals surface area (Å²) < 4.78 is 26.1. The molecule has 0 aliphatic carbocycles. The Bertz CT molecular complexity index is 1420. The summed E-state index contributed by atoms with van der Waals surface area (Å²) in [5, 5.41) is 7.85. The van der Waals surface area contributed by atoms with E-state index in [0.29, 0.717) is 24.3 Å².